The van der Waals surface area contributed by atoms with E-state index in [-0.39, 0.29) is 11.9 Å². The molecule has 5 nitrogen and oxygen atoms in total. The molecule has 1 amide bonds. The predicted octanol–water partition coefficient (Wildman–Crippen LogP) is 0.516. The Morgan fingerprint density at radius 1 is 1.71 bits per heavy atom. The Kier molecular flexibility index (Phi) is 7.64. The average Bonchev–Trinajstić information content (AvgIpc) is 2.56. The minimum atomic E-state index is -0.738. The molecule has 0 bridgehead atoms. The molecule has 1 saturated heterocycles. The van der Waals surface area contributed by atoms with Gasteiger partial charge in [0.15, 0.2) is 0 Å². The zero-order chi connectivity index (χ0) is 11.0. The lowest BCUT2D eigenvalue weighted by Crippen LogP contribution is -2.38. The third kappa shape index (κ3) is 6.99. The molecule has 3 N–H and O–H groups in total. The monoisotopic (exact) mass is 240 g/mol. The smallest absolute Gasteiger partial charge is 0.403 e. The molecule has 1 fully saturated rings. The second kappa shape index (κ2) is 7.90. The lowest BCUT2D eigenvalue weighted by atomic mass is 10.3. The maximum atomic E-state index is 10.3. The Balaban J connectivity index is 0.000000255. The van der Waals surface area contributed by atoms with Gasteiger partial charge in [-0.3, -0.25) is 10.1 Å². The molecule has 0 aromatic heterocycles. The van der Waals surface area contributed by atoms with Gasteiger partial charge in [-0.2, -0.15) is 0 Å². The summed E-state index contributed by atoms with van der Waals surface area (Å²) in [4.78, 5) is 19.9. The standard InChI is InChI=1S/C4H8N2OS.C3H5ClO2/c5-4(7)3-1-8-2-6-3;1-2-6-3(4)5/h3,6H,1-2H2,(H2,5,7);2H2,1H3/t3-;/m0./s1. The molecule has 0 radical (unpaired) electrons. The second-order valence-electron chi connectivity index (χ2n) is 2.34. The van der Waals surface area contributed by atoms with E-state index in [2.05, 4.69) is 10.1 Å². The van der Waals surface area contributed by atoms with Crippen LogP contribution in [0, 0.1) is 0 Å². The van der Waals surface area contributed by atoms with Crippen LogP contribution in [0.2, 0.25) is 0 Å². The number of amides is 1. The number of ether oxygens (including phenoxy) is 1. The molecule has 7 heteroatoms. The van der Waals surface area contributed by atoms with E-state index in [9.17, 15) is 9.59 Å². The van der Waals surface area contributed by atoms with Crippen molar-refractivity contribution >= 4 is 34.7 Å². The molecule has 0 aromatic rings. The van der Waals surface area contributed by atoms with E-state index >= 15 is 0 Å². The Morgan fingerprint density at radius 3 is 2.50 bits per heavy atom. The first kappa shape index (κ1) is 13.5. The maximum Gasteiger partial charge on any atom is 0.403 e. The number of carbonyl (C=O) groups excluding carboxylic acids is 2. The van der Waals surface area contributed by atoms with E-state index in [0.717, 1.165) is 11.6 Å². The number of nitrogens with one attached hydrogen (secondary N) is 1. The molecule has 1 rings (SSSR count). The van der Waals surface area contributed by atoms with Crippen molar-refractivity contribution in [2.24, 2.45) is 5.73 Å². The molecular weight excluding hydrogens is 228 g/mol. The number of carbonyl (C=O) groups is 2. The van der Waals surface area contributed by atoms with Crippen molar-refractivity contribution in [2.45, 2.75) is 13.0 Å². The van der Waals surface area contributed by atoms with Crippen LogP contribution in [-0.4, -0.2) is 35.6 Å². The van der Waals surface area contributed by atoms with Crippen LogP contribution in [0.25, 0.3) is 0 Å². The first-order chi connectivity index (χ1) is 6.57. The van der Waals surface area contributed by atoms with Gasteiger partial charge in [0.1, 0.15) is 0 Å². The summed E-state index contributed by atoms with van der Waals surface area (Å²) >= 11 is 6.42. The van der Waals surface area contributed by atoms with Crippen LogP contribution < -0.4 is 11.1 Å². The normalized spacial score (nSPS) is 19.4. The minimum Gasteiger partial charge on any atom is -0.454 e. The average molecular weight is 241 g/mol. The Hall–Kier alpha value is -0.460. The number of nitrogens with two attached hydrogens (primary N) is 1. The van der Waals surface area contributed by atoms with E-state index in [4.69, 9.17) is 17.3 Å². The maximum absolute atomic E-state index is 10.3. The molecule has 0 aliphatic carbocycles. The lowest BCUT2D eigenvalue weighted by Gasteiger charge is -1.99. The van der Waals surface area contributed by atoms with Gasteiger partial charge in [0.25, 0.3) is 0 Å². The highest BCUT2D eigenvalue weighted by molar-refractivity contribution is 7.99. The summed E-state index contributed by atoms with van der Waals surface area (Å²) in [5.74, 6) is 1.44. The van der Waals surface area contributed by atoms with Gasteiger partial charge in [0.05, 0.1) is 12.6 Å². The summed E-state index contributed by atoms with van der Waals surface area (Å²) in [6.45, 7) is 2.04. The molecule has 0 spiro atoms. The van der Waals surface area contributed by atoms with Crippen LogP contribution >= 0.6 is 23.4 Å². The summed E-state index contributed by atoms with van der Waals surface area (Å²) in [7, 11) is 0. The second-order valence-corrected chi connectivity index (χ2v) is 3.68. The zero-order valence-electron chi connectivity index (χ0n) is 7.79. The molecule has 1 aliphatic rings. The van der Waals surface area contributed by atoms with Crippen molar-refractivity contribution in [1.82, 2.24) is 5.32 Å². The largest absolute Gasteiger partial charge is 0.454 e. The van der Waals surface area contributed by atoms with Crippen LogP contribution in [0.1, 0.15) is 6.92 Å². The van der Waals surface area contributed by atoms with Gasteiger partial charge < -0.3 is 10.5 Å². The SMILES string of the molecule is CCOC(=O)Cl.NC(=O)[C@@H]1CSCN1. The van der Waals surface area contributed by atoms with Crippen molar-refractivity contribution < 1.29 is 14.3 Å². The van der Waals surface area contributed by atoms with Gasteiger partial charge in [-0.05, 0) is 6.92 Å². The number of thioether (sulfide) groups is 1. The Morgan fingerprint density at radius 2 is 2.36 bits per heavy atom. The van der Waals surface area contributed by atoms with E-state index in [1.807, 2.05) is 0 Å². The summed E-state index contributed by atoms with van der Waals surface area (Å²) in [5.41, 5.74) is 4.24. The predicted molar refractivity (Wildman–Crippen MR) is 56.3 cm³/mol. The van der Waals surface area contributed by atoms with Gasteiger partial charge in [0, 0.05) is 23.2 Å². The first-order valence-electron chi connectivity index (χ1n) is 4.00. The fraction of sp³-hybridized carbons (Fsp3) is 0.714. The molecule has 14 heavy (non-hydrogen) atoms. The van der Waals surface area contributed by atoms with Crippen molar-refractivity contribution in [2.75, 3.05) is 18.2 Å². The Labute approximate surface area is 91.7 Å². The summed E-state index contributed by atoms with van der Waals surface area (Å²) in [6.07, 6.45) is 0. The molecule has 1 atom stereocenters. The van der Waals surface area contributed by atoms with Crippen LogP contribution in [0.3, 0.4) is 0 Å². The number of hydrogen-bond acceptors (Lipinski definition) is 5. The van der Waals surface area contributed by atoms with Crippen molar-refractivity contribution in [3.05, 3.63) is 0 Å². The third-order valence-electron chi connectivity index (χ3n) is 1.32. The van der Waals surface area contributed by atoms with E-state index < -0.39 is 5.43 Å². The lowest BCUT2D eigenvalue weighted by molar-refractivity contribution is -0.119. The highest BCUT2D eigenvalue weighted by Gasteiger charge is 2.18. The molecule has 0 unspecified atom stereocenters. The summed E-state index contributed by atoms with van der Waals surface area (Å²) < 4.78 is 4.17. The first-order valence-corrected chi connectivity index (χ1v) is 5.53. The van der Waals surface area contributed by atoms with Gasteiger partial charge in [-0.15, -0.1) is 11.8 Å². The number of halogens is 1. The topological polar surface area (TPSA) is 81.4 Å². The van der Waals surface area contributed by atoms with Crippen LogP contribution in [0.4, 0.5) is 4.79 Å². The molecule has 0 aromatic carbocycles. The van der Waals surface area contributed by atoms with Gasteiger partial charge in [0.2, 0.25) is 5.91 Å². The fourth-order valence-corrected chi connectivity index (χ4v) is 1.76. The fourth-order valence-electron chi connectivity index (χ4n) is 0.691. The molecule has 0 saturated carbocycles. The van der Waals surface area contributed by atoms with Crippen molar-refractivity contribution in [1.29, 1.82) is 0 Å². The van der Waals surface area contributed by atoms with E-state index in [1.54, 1.807) is 18.7 Å². The van der Waals surface area contributed by atoms with Gasteiger partial charge in [-0.25, -0.2) is 4.79 Å². The van der Waals surface area contributed by atoms with Crippen molar-refractivity contribution in [3.63, 3.8) is 0 Å². The summed E-state index contributed by atoms with van der Waals surface area (Å²) in [6, 6.07) is -0.0833. The number of rotatable bonds is 2. The summed E-state index contributed by atoms with van der Waals surface area (Å²) in [5, 5.41) is 2.94. The van der Waals surface area contributed by atoms with Crippen LogP contribution in [-0.2, 0) is 9.53 Å². The molecule has 1 heterocycles. The van der Waals surface area contributed by atoms with E-state index in [1.165, 1.54) is 0 Å². The highest BCUT2D eigenvalue weighted by atomic mass is 35.5. The van der Waals surface area contributed by atoms with Gasteiger partial charge in [-0.1, -0.05) is 0 Å². The van der Waals surface area contributed by atoms with Crippen LogP contribution in [0.5, 0.6) is 0 Å². The third-order valence-corrected chi connectivity index (χ3v) is 2.37. The number of hydrogen-bond donors (Lipinski definition) is 2. The molecular formula is C7H13ClN2O3S. The minimum absolute atomic E-state index is 0.0833. The highest BCUT2D eigenvalue weighted by Crippen LogP contribution is 2.07. The van der Waals surface area contributed by atoms with Crippen molar-refractivity contribution in [3.8, 4) is 0 Å². The van der Waals surface area contributed by atoms with Gasteiger partial charge >= 0.3 is 5.43 Å². The quantitative estimate of drug-likeness (QED) is 0.688. The zero-order valence-corrected chi connectivity index (χ0v) is 9.36. The number of primary amides is 1. The molecule has 1 aliphatic heterocycles. The Bertz CT molecular complexity index is 197. The molecule has 82 valence electrons. The van der Waals surface area contributed by atoms with E-state index in [0.29, 0.717) is 6.61 Å². The van der Waals surface area contributed by atoms with Crippen LogP contribution in [0.15, 0.2) is 0 Å².